The van der Waals surface area contributed by atoms with Crippen LogP contribution in [0.4, 0.5) is 4.79 Å². The second-order valence-corrected chi connectivity index (χ2v) is 3.71. The topological polar surface area (TPSA) is 41.1 Å². The Morgan fingerprint density at radius 1 is 1.36 bits per heavy atom. The predicted molar refractivity (Wildman–Crippen MR) is 42.3 cm³/mol. The first-order chi connectivity index (χ1) is 5.25. The maximum absolute atomic E-state index is 11.0. The maximum Gasteiger partial charge on any atom is 0.315 e. The zero-order valence-electron chi connectivity index (χ0n) is 6.76. The summed E-state index contributed by atoms with van der Waals surface area (Å²) in [6.45, 7) is 2.21. The van der Waals surface area contributed by atoms with Gasteiger partial charge in [-0.1, -0.05) is 6.92 Å². The van der Waals surface area contributed by atoms with Gasteiger partial charge in [-0.05, 0) is 25.2 Å². The summed E-state index contributed by atoms with van der Waals surface area (Å²) in [4.78, 5) is 11.0. The number of amides is 2. The van der Waals surface area contributed by atoms with Crippen LogP contribution in [0.2, 0.25) is 0 Å². The third-order valence-corrected chi connectivity index (χ3v) is 2.85. The highest BCUT2D eigenvalue weighted by atomic mass is 16.2. The van der Waals surface area contributed by atoms with Crippen molar-refractivity contribution in [1.82, 2.24) is 10.6 Å². The summed E-state index contributed by atoms with van der Waals surface area (Å²) in [5.41, 5.74) is 0. The van der Waals surface area contributed by atoms with Gasteiger partial charge in [0.2, 0.25) is 0 Å². The molecule has 0 aromatic carbocycles. The SMILES string of the molecule is CC1CCC2CC1NC(=O)N2. The highest BCUT2D eigenvalue weighted by Crippen LogP contribution is 2.26. The van der Waals surface area contributed by atoms with Crippen molar-refractivity contribution in [2.45, 2.75) is 38.3 Å². The molecule has 2 aliphatic rings. The average Bonchev–Trinajstić information content (AvgIpc) is 1.97. The van der Waals surface area contributed by atoms with E-state index in [0.29, 0.717) is 18.0 Å². The first kappa shape index (κ1) is 6.95. The summed E-state index contributed by atoms with van der Waals surface area (Å²) in [5.74, 6) is 0.664. The van der Waals surface area contributed by atoms with Crippen LogP contribution in [0.1, 0.15) is 26.2 Å². The lowest BCUT2D eigenvalue weighted by Crippen LogP contribution is -2.58. The van der Waals surface area contributed by atoms with Gasteiger partial charge in [0.25, 0.3) is 0 Å². The minimum atomic E-state index is 0.0257. The van der Waals surface area contributed by atoms with E-state index in [2.05, 4.69) is 17.6 Å². The lowest BCUT2D eigenvalue weighted by molar-refractivity contribution is 0.178. The summed E-state index contributed by atoms with van der Waals surface area (Å²) in [6.07, 6.45) is 3.51. The number of carbonyl (C=O) groups is 1. The van der Waals surface area contributed by atoms with Crippen LogP contribution in [0, 0.1) is 5.92 Å². The van der Waals surface area contributed by atoms with Crippen LogP contribution in [0.25, 0.3) is 0 Å². The van der Waals surface area contributed by atoms with Crippen LogP contribution >= 0.6 is 0 Å². The van der Waals surface area contributed by atoms with E-state index in [1.807, 2.05) is 0 Å². The molecule has 0 aromatic rings. The van der Waals surface area contributed by atoms with Crippen molar-refractivity contribution in [2.24, 2.45) is 5.92 Å². The molecule has 1 saturated carbocycles. The van der Waals surface area contributed by atoms with Crippen molar-refractivity contribution in [3.05, 3.63) is 0 Å². The zero-order chi connectivity index (χ0) is 7.84. The molecule has 1 aliphatic carbocycles. The molecule has 1 saturated heterocycles. The van der Waals surface area contributed by atoms with Crippen LogP contribution in [-0.2, 0) is 0 Å². The molecule has 0 radical (unpaired) electrons. The Hall–Kier alpha value is -0.730. The minimum Gasteiger partial charge on any atom is -0.335 e. The van der Waals surface area contributed by atoms with E-state index >= 15 is 0 Å². The van der Waals surface area contributed by atoms with Crippen molar-refractivity contribution >= 4 is 6.03 Å². The molecule has 2 fully saturated rings. The Kier molecular flexibility index (Phi) is 1.51. The fourth-order valence-electron chi connectivity index (χ4n) is 2.05. The molecule has 0 spiro atoms. The molecule has 3 heteroatoms. The Labute approximate surface area is 66.5 Å². The van der Waals surface area contributed by atoms with Crippen LogP contribution < -0.4 is 10.6 Å². The van der Waals surface area contributed by atoms with Crippen LogP contribution in [0.15, 0.2) is 0 Å². The zero-order valence-corrected chi connectivity index (χ0v) is 6.76. The maximum atomic E-state index is 11.0. The van der Waals surface area contributed by atoms with Gasteiger partial charge in [0, 0.05) is 12.1 Å². The van der Waals surface area contributed by atoms with Crippen molar-refractivity contribution in [2.75, 3.05) is 0 Å². The van der Waals surface area contributed by atoms with E-state index in [1.165, 1.54) is 6.42 Å². The number of hydrogen-bond acceptors (Lipinski definition) is 1. The fraction of sp³-hybridized carbons (Fsp3) is 0.875. The smallest absolute Gasteiger partial charge is 0.315 e. The third kappa shape index (κ3) is 1.19. The number of carbonyl (C=O) groups excluding carboxylic acids is 1. The van der Waals surface area contributed by atoms with Crippen molar-refractivity contribution in [3.8, 4) is 0 Å². The van der Waals surface area contributed by atoms with E-state index in [4.69, 9.17) is 0 Å². The normalized spacial score (nSPS) is 42.6. The molecule has 3 nitrogen and oxygen atoms in total. The molecule has 2 rings (SSSR count). The third-order valence-electron chi connectivity index (χ3n) is 2.85. The van der Waals surface area contributed by atoms with Gasteiger partial charge in [-0.15, -0.1) is 0 Å². The number of nitrogens with one attached hydrogen (secondary N) is 2. The van der Waals surface area contributed by atoms with E-state index in [9.17, 15) is 4.79 Å². The number of fused-ring (bicyclic) bond motifs is 2. The molecule has 11 heavy (non-hydrogen) atoms. The molecule has 3 unspecified atom stereocenters. The van der Waals surface area contributed by atoms with Crippen LogP contribution in [0.5, 0.6) is 0 Å². The highest BCUT2D eigenvalue weighted by Gasteiger charge is 2.33. The van der Waals surface area contributed by atoms with Crippen LogP contribution in [-0.4, -0.2) is 18.1 Å². The Balaban J connectivity index is 2.08. The van der Waals surface area contributed by atoms with E-state index in [-0.39, 0.29) is 6.03 Å². The standard InChI is InChI=1S/C8H14N2O/c1-5-2-3-6-4-7(5)10-8(11)9-6/h5-7H,2-4H2,1H3,(H2,9,10,11). The Morgan fingerprint density at radius 2 is 2.18 bits per heavy atom. The molecule has 2 bridgehead atoms. The van der Waals surface area contributed by atoms with E-state index in [1.54, 1.807) is 0 Å². The van der Waals surface area contributed by atoms with Gasteiger partial charge in [0.05, 0.1) is 0 Å². The largest absolute Gasteiger partial charge is 0.335 e. The Morgan fingerprint density at radius 3 is 3.00 bits per heavy atom. The molecule has 62 valence electrons. The summed E-state index contributed by atoms with van der Waals surface area (Å²) in [6, 6.07) is 0.908. The summed E-state index contributed by atoms with van der Waals surface area (Å²) < 4.78 is 0. The van der Waals surface area contributed by atoms with Crippen molar-refractivity contribution in [3.63, 3.8) is 0 Å². The number of urea groups is 1. The van der Waals surface area contributed by atoms with Gasteiger partial charge in [-0.3, -0.25) is 0 Å². The van der Waals surface area contributed by atoms with Gasteiger partial charge < -0.3 is 10.6 Å². The quantitative estimate of drug-likeness (QED) is 0.533. The molecule has 1 aliphatic heterocycles. The summed E-state index contributed by atoms with van der Waals surface area (Å²) >= 11 is 0. The highest BCUT2D eigenvalue weighted by molar-refractivity contribution is 5.75. The number of rotatable bonds is 0. The molecule has 3 atom stereocenters. The van der Waals surface area contributed by atoms with Gasteiger partial charge in [-0.25, -0.2) is 4.79 Å². The molecular formula is C8H14N2O. The average molecular weight is 154 g/mol. The number of hydrogen-bond donors (Lipinski definition) is 2. The fourth-order valence-corrected chi connectivity index (χ4v) is 2.05. The summed E-state index contributed by atoms with van der Waals surface area (Å²) in [7, 11) is 0. The van der Waals surface area contributed by atoms with Crippen LogP contribution in [0.3, 0.4) is 0 Å². The molecule has 1 heterocycles. The van der Waals surface area contributed by atoms with E-state index < -0.39 is 0 Å². The van der Waals surface area contributed by atoms with Gasteiger partial charge in [0.15, 0.2) is 0 Å². The first-order valence-corrected chi connectivity index (χ1v) is 4.33. The first-order valence-electron chi connectivity index (χ1n) is 4.33. The summed E-state index contributed by atoms with van der Waals surface area (Å²) in [5, 5.41) is 5.87. The monoisotopic (exact) mass is 154 g/mol. The lowest BCUT2D eigenvalue weighted by Gasteiger charge is -2.39. The Bertz CT molecular complexity index is 181. The van der Waals surface area contributed by atoms with E-state index in [0.717, 1.165) is 12.8 Å². The molecule has 2 amide bonds. The van der Waals surface area contributed by atoms with Crippen molar-refractivity contribution in [1.29, 1.82) is 0 Å². The second-order valence-electron chi connectivity index (χ2n) is 3.71. The predicted octanol–water partition coefficient (Wildman–Crippen LogP) is 0.856. The van der Waals surface area contributed by atoms with Gasteiger partial charge in [0.1, 0.15) is 0 Å². The van der Waals surface area contributed by atoms with Gasteiger partial charge >= 0.3 is 6.03 Å². The lowest BCUT2D eigenvalue weighted by atomic mass is 9.82. The molecular weight excluding hydrogens is 140 g/mol. The molecule has 0 aromatic heterocycles. The molecule has 2 N–H and O–H groups in total. The second kappa shape index (κ2) is 2.40. The van der Waals surface area contributed by atoms with Gasteiger partial charge in [-0.2, -0.15) is 0 Å². The minimum absolute atomic E-state index is 0.0257. The van der Waals surface area contributed by atoms with Crippen molar-refractivity contribution < 1.29 is 4.79 Å².